The molecule has 0 aromatic heterocycles. The van der Waals surface area contributed by atoms with Gasteiger partial charge in [-0.3, -0.25) is 14.5 Å². The lowest BCUT2D eigenvalue weighted by Crippen LogP contribution is -2.63. The third kappa shape index (κ3) is 4.49. The molecular weight excluding hydrogens is 322 g/mol. The SMILES string of the molecule is COc1cccc(C(=O)NCCC(=O)N2CC(N3CCOCC3)C2)c1. The lowest BCUT2D eigenvalue weighted by atomic mass is 10.1. The summed E-state index contributed by atoms with van der Waals surface area (Å²) in [4.78, 5) is 28.5. The van der Waals surface area contributed by atoms with Gasteiger partial charge in [0.25, 0.3) is 5.91 Å². The van der Waals surface area contributed by atoms with E-state index < -0.39 is 0 Å². The van der Waals surface area contributed by atoms with Gasteiger partial charge in [-0.25, -0.2) is 0 Å². The van der Waals surface area contributed by atoms with E-state index in [2.05, 4.69) is 10.2 Å². The number of nitrogens with one attached hydrogen (secondary N) is 1. The number of hydrogen-bond donors (Lipinski definition) is 1. The molecule has 1 N–H and O–H groups in total. The van der Waals surface area contributed by atoms with E-state index in [0.717, 1.165) is 39.4 Å². The molecule has 1 aromatic carbocycles. The number of nitrogens with zero attached hydrogens (tertiary/aromatic N) is 2. The van der Waals surface area contributed by atoms with Gasteiger partial charge < -0.3 is 19.7 Å². The number of rotatable bonds is 6. The van der Waals surface area contributed by atoms with Crippen molar-refractivity contribution in [2.75, 3.05) is 53.0 Å². The Hall–Kier alpha value is -2.12. The fourth-order valence-electron chi connectivity index (χ4n) is 3.14. The number of amides is 2. The minimum atomic E-state index is -0.193. The highest BCUT2D eigenvalue weighted by atomic mass is 16.5. The number of hydrogen-bond acceptors (Lipinski definition) is 5. The summed E-state index contributed by atoms with van der Waals surface area (Å²) < 4.78 is 10.5. The van der Waals surface area contributed by atoms with Gasteiger partial charge in [0.05, 0.1) is 20.3 Å². The molecule has 7 nitrogen and oxygen atoms in total. The minimum absolute atomic E-state index is 0.0930. The summed E-state index contributed by atoms with van der Waals surface area (Å²) in [5, 5.41) is 2.79. The lowest BCUT2D eigenvalue weighted by Gasteiger charge is -2.46. The van der Waals surface area contributed by atoms with Gasteiger partial charge in [-0.2, -0.15) is 0 Å². The molecule has 136 valence electrons. The Morgan fingerprint density at radius 3 is 2.76 bits per heavy atom. The Labute approximate surface area is 147 Å². The molecule has 2 saturated heterocycles. The van der Waals surface area contributed by atoms with Crippen molar-refractivity contribution in [3.8, 4) is 5.75 Å². The van der Waals surface area contributed by atoms with Crippen LogP contribution in [0, 0.1) is 0 Å². The van der Waals surface area contributed by atoms with Gasteiger partial charge >= 0.3 is 0 Å². The monoisotopic (exact) mass is 347 g/mol. The van der Waals surface area contributed by atoms with Gasteiger partial charge in [0, 0.05) is 50.7 Å². The van der Waals surface area contributed by atoms with Crippen LogP contribution in [-0.2, 0) is 9.53 Å². The van der Waals surface area contributed by atoms with Crippen LogP contribution in [-0.4, -0.2) is 80.7 Å². The molecule has 0 unspecified atom stereocenters. The summed E-state index contributed by atoms with van der Waals surface area (Å²) in [5.41, 5.74) is 0.531. The predicted molar refractivity (Wildman–Crippen MR) is 92.7 cm³/mol. The first-order chi connectivity index (χ1) is 12.2. The van der Waals surface area contributed by atoms with Crippen molar-refractivity contribution in [1.29, 1.82) is 0 Å². The number of likely N-dealkylation sites (tertiary alicyclic amines) is 1. The number of ether oxygens (including phenoxy) is 2. The molecule has 25 heavy (non-hydrogen) atoms. The van der Waals surface area contributed by atoms with E-state index in [1.165, 1.54) is 0 Å². The zero-order chi connectivity index (χ0) is 17.6. The molecule has 7 heteroatoms. The van der Waals surface area contributed by atoms with Crippen molar-refractivity contribution in [3.05, 3.63) is 29.8 Å². The van der Waals surface area contributed by atoms with E-state index in [-0.39, 0.29) is 11.8 Å². The average molecular weight is 347 g/mol. The third-order valence-electron chi connectivity index (χ3n) is 4.73. The Bertz CT molecular complexity index is 610. The number of morpholine rings is 1. The van der Waals surface area contributed by atoms with E-state index in [4.69, 9.17) is 9.47 Å². The van der Waals surface area contributed by atoms with Crippen molar-refractivity contribution < 1.29 is 19.1 Å². The summed E-state index contributed by atoms with van der Waals surface area (Å²) in [6.45, 7) is 5.35. The van der Waals surface area contributed by atoms with Crippen LogP contribution in [0.2, 0.25) is 0 Å². The molecule has 2 aliphatic rings. The van der Waals surface area contributed by atoms with Gasteiger partial charge in [-0.1, -0.05) is 6.07 Å². The van der Waals surface area contributed by atoms with E-state index in [1.807, 2.05) is 4.90 Å². The average Bonchev–Trinajstić information content (AvgIpc) is 2.61. The van der Waals surface area contributed by atoms with Crippen LogP contribution in [0.5, 0.6) is 5.75 Å². The van der Waals surface area contributed by atoms with Gasteiger partial charge in [0.2, 0.25) is 5.91 Å². The highest BCUT2D eigenvalue weighted by Crippen LogP contribution is 2.17. The maximum Gasteiger partial charge on any atom is 0.251 e. The first-order valence-electron chi connectivity index (χ1n) is 8.69. The molecule has 0 spiro atoms. The zero-order valence-electron chi connectivity index (χ0n) is 14.6. The summed E-state index contributed by atoms with van der Waals surface area (Å²) in [6.07, 6.45) is 0.325. The van der Waals surface area contributed by atoms with Crippen LogP contribution in [0.4, 0.5) is 0 Å². The summed E-state index contributed by atoms with van der Waals surface area (Å²) in [7, 11) is 1.56. The van der Waals surface area contributed by atoms with Crippen LogP contribution in [0.3, 0.4) is 0 Å². The second-order valence-corrected chi connectivity index (χ2v) is 6.34. The molecular formula is C18H25N3O4. The summed E-state index contributed by atoms with van der Waals surface area (Å²) >= 11 is 0. The molecule has 0 saturated carbocycles. The second-order valence-electron chi connectivity index (χ2n) is 6.34. The van der Waals surface area contributed by atoms with E-state index in [0.29, 0.717) is 30.3 Å². The Morgan fingerprint density at radius 2 is 2.04 bits per heavy atom. The minimum Gasteiger partial charge on any atom is -0.497 e. The maximum atomic E-state index is 12.2. The van der Waals surface area contributed by atoms with Gasteiger partial charge in [-0.15, -0.1) is 0 Å². The molecule has 0 atom stereocenters. The maximum absolute atomic E-state index is 12.2. The molecule has 2 aliphatic heterocycles. The van der Waals surface area contributed by atoms with Gasteiger partial charge in [0.1, 0.15) is 5.75 Å². The van der Waals surface area contributed by atoms with Crippen molar-refractivity contribution >= 4 is 11.8 Å². The summed E-state index contributed by atoms with van der Waals surface area (Å²) in [6, 6.07) is 7.42. The van der Waals surface area contributed by atoms with Crippen molar-refractivity contribution in [1.82, 2.24) is 15.1 Å². The van der Waals surface area contributed by atoms with Crippen LogP contribution in [0.15, 0.2) is 24.3 Å². The topological polar surface area (TPSA) is 71.1 Å². The van der Waals surface area contributed by atoms with Crippen LogP contribution in [0.1, 0.15) is 16.8 Å². The molecule has 2 fully saturated rings. The predicted octanol–water partition coefficient (Wildman–Crippen LogP) is 0.358. The standard InChI is InChI=1S/C18H25N3O4/c1-24-16-4-2-3-14(11-16)18(23)19-6-5-17(22)21-12-15(13-21)20-7-9-25-10-8-20/h2-4,11,15H,5-10,12-13H2,1H3,(H,19,23). The van der Waals surface area contributed by atoms with Crippen molar-refractivity contribution in [3.63, 3.8) is 0 Å². The van der Waals surface area contributed by atoms with Crippen LogP contribution >= 0.6 is 0 Å². The zero-order valence-corrected chi connectivity index (χ0v) is 14.6. The third-order valence-corrected chi connectivity index (χ3v) is 4.73. The Morgan fingerprint density at radius 1 is 1.28 bits per heavy atom. The molecule has 0 bridgehead atoms. The first kappa shape index (κ1) is 17.7. The lowest BCUT2D eigenvalue weighted by molar-refractivity contribution is -0.139. The molecule has 0 radical (unpaired) electrons. The highest BCUT2D eigenvalue weighted by molar-refractivity contribution is 5.94. The molecule has 3 rings (SSSR count). The smallest absolute Gasteiger partial charge is 0.251 e. The fourth-order valence-corrected chi connectivity index (χ4v) is 3.14. The summed E-state index contributed by atoms with van der Waals surface area (Å²) in [5.74, 6) is 0.537. The molecule has 0 aliphatic carbocycles. The largest absolute Gasteiger partial charge is 0.497 e. The van der Waals surface area contributed by atoms with Crippen LogP contribution in [0.25, 0.3) is 0 Å². The number of benzene rings is 1. The number of carbonyl (C=O) groups is 2. The number of methoxy groups -OCH3 is 1. The van der Waals surface area contributed by atoms with Gasteiger partial charge in [0.15, 0.2) is 0 Å². The molecule has 2 amide bonds. The van der Waals surface area contributed by atoms with E-state index >= 15 is 0 Å². The Balaban J connectivity index is 1.36. The van der Waals surface area contributed by atoms with Crippen molar-refractivity contribution in [2.45, 2.75) is 12.5 Å². The van der Waals surface area contributed by atoms with Crippen LogP contribution < -0.4 is 10.1 Å². The molecule has 1 aromatic rings. The van der Waals surface area contributed by atoms with Gasteiger partial charge in [-0.05, 0) is 18.2 Å². The first-order valence-corrected chi connectivity index (χ1v) is 8.69. The fraction of sp³-hybridized carbons (Fsp3) is 0.556. The Kier molecular flexibility index (Phi) is 5.88. The molecule has 2 heterocycles. The van der Waals surface area contributed by atoms with Crippen molar-refractivity contribution in [2.24, 2.45) is 0 Å². The quantitative estimate of drug-likeness (QED) is 0.804. The van der Waals surface area contributed by atoms with E-state index in [9.17, 15) is 9.59 Å². The highest BCUT2D eigenvalue weighted by Gasteiger charge is 2.34. The number of carbonyl (C=O) groups excluding carboxylic acids is 2. The van der Waals surface area contributed by atoms with E-state index in [1.54, 1.807) is 31.4 Å². The normalized spacial score (nSPS) is 18.5. The second kappa shape index (κ2) is 8.31.